The summed E-state index contributed by atoms with van der Waals surface area (Å²) >= 11 is 4.07. The monoisotopic (exact) mass is 211 g/mol. The Hall–Kier alpha value is 0.140. The van der Waals surface area contributed by atoms with Gasteiger partial charge in [-0.2, -0.15) is 0 Å². The van der Waals surface area contributed by atoms with Crippen molar-refractivity contribution in [2.45, 2.75) is 6.92 Å². The van der Waals surface area contributed by atoms with Crippen LogP contribution in [-0.4, -0.2) is 38.8 Å². The first-order valence-corrected chi connectivity index (χ1v) is 4.14. The Morgan fingerprint density at radius 2 is 1.92 bits per heavy atom. The summed E-state index contributed by atoms with van der Waals surface area (Å²) < 4.78 is 6.15. The van der Waals surface area contributed by atoms with Gasteiger partial charge >= 0.3 is 0 Å². The van der Waals surface area contributed by atoms with Crippen molar-refractivity contribution in [2.24, 2.45) is 0 Å². The molecule has 0 aliphatic carbocycles. The summed E-state index contributed by atoms with van der Waals surface area (Å²) in [6.07, 6.45) is 1.68. The number of likely N-dealkylation sites (N-methyl/N-ethyl adjacent to an activating group) is 1. The molecule has 0 bridgehead atoms. The van der Waals surface area contributed by atoms with Crippen LogP contribution in [0, 0.1) is 0 Å². The Kier molecular flexibility index (Phi) is 8.10. The fourth-order valence-electron chi connectivity index (χ4n) is 0.506. The minimum atomic E-state index is 0. The first kappa shape index (κ1) is 14.7. The lowest BCUT2D eigenvalue weighted by Crippen LogP contribution is -3.00. The molecule has 0 atom stereocenters. The molecule has 74 valence electrons. The molecule has 0 aliphatic rings. The predicted octanol–water partition coefficient (Wildman–Crippen LogP) is -1.50. The molecule has 2 nitrogen and oxygen atoms in total. The highest BCUT2D eigenvalue weighted by Crippen LogP contribution is 1.97. The summed E-state index contributed by atoms with van der Waals surface area (Å²) in [5.41, 5.74) is 0. The minimum absolute atomic E-state index is 0. The maximum Gasteiger partial charge on any atom is 0.136 e. The molecule has 0 aromatic rings. The smallest absolute Gasteiger partial charge is 0.136 e. The summed E-state index contributed by atoms with van der Waals surface area (Å²) in [5.74, 6) is 0. The number of allylic oxidation sites excluding steroid dienone is 1. The number of halogens is 1. The van der Waals surface area contributed by atoms with Crippen LogP contribution in [0.25, 0.3) is 0 Å². The van der Waals surface area contributed by atoms with Crippen LogP contribution < -0.4 is 12.4 Å². The zero-order chi connectivity index (χ0) is 8.91. The lowest BCUT2D eigenvalue weighted by Gasteiger charge is -2.23. The Labute approximate surface area is 87.0 Å². The summed E-state index contributed by atoms with van der Waals surface area (Å²) in [5, 5.41) is 0. The van der Waals surface area contributed by atoms with Gasteiger partial charge in [-0.05, 0) is 6.92 Å². The Morgan fingerprint density at radius 1 is 1.42 bits per heavy atom. The van der Waals surface area contributed by atoms with Crippen molar-refractivity contribution >= 4 is 12.6 Å². The van der Waals surface area contributed by atoms with Gasteiger partial charge < -0.3 is 21.6 Å². The molecule has 0 rings (SSSR count). The number of quaternary nitrogens is 1. The van der Waals surface area contributed by atoms with Crippen molar-refractivity contribution in [1.82, 2.24) is 0 Å². The van der Waals surface area contributed by atoms with Crippen molar-refractivity contribution < 1.29 is 21.6 Å². The molecular weight excluding hydrogens is 194 g/mol. The number of nitrogens with zero attached hydrogens (tertiary/aromatic N) is 1. The molecule has 0 saturated heterocycles. The molecule has 0 saturated carbocycles. The fourth-order valence-corrected chi connectivity index (χ4v) is 0.581. The van der Waals surface area contributed by atoms with E-state index in [4.69, 9.17) is 4.74 Å². The van der Waals surface area contributed by atoms with E-state index >= 15 is 0 Å². The minimum Gasteiger partial charge on any atom is -1.00 e. The van der Waals surface area contributed by atoms with Gasteiger partial charge in [0.1, 0.15) is 13.2 Å². The second-order valence-corrected chi connectivity index (χ2v) is 4.35. The zero-order valence-corrected chi connectivity index (χ0v) is 9.82. The van der Waals surface area contributed by atoms with Crippen molar-refractivity contribution in [1.29, 1.82) is 0 Å². The number of ether oxygens (including phenoxy) is 1. The predicted molar refractivity (Wildman–Crippen MR) is 51.6 cm³/mol. The average Bonchev–Trinajstić information content (AvgIpc) is 1.78. The highest BCUT2D eigenvalue weighted by Gasteiger charge is 2.04. The third kappa shape index (κ3) is 12.8. The first-order valence-electron chi connectivity index (χ1n) is 3.69. The molecule has 0 aromatic heterocycles. The van der Waals surface area contributed by atoms with E-state index in [-0.39, 0.29) is 12.4 Å². The third-order valence-corrected chi connectivity index (χ3v) is 1.24. The van der Waals surface area contributed by atoms with Gasteiger partial charge in [-0.3, -0.25) is 0 Å². The van der Waals surface area contributed by atoms with E-state index in [1.165, 1.54) is 0 Å². The van der Waals surface area contributed by atoms with E-state index in [1.807, 2.05) is 6.92 Å². The van der Waals surface area contributed by atoms with E-state index in [9.17, 15) is 0 Å². The fraction of sp³-hybridized carbons (Fsp3) is 0.750. The highest BCUT2D eigenvalue weighted by molar-refractivity contribution is 7.84. The van der Waals surface area contributed by atoms with E-state index in [0.29, 0.717) is 0 Å². The highest BCUT2D eigenvalue weighted by atomic mass is 35.5. The van der Waals surface area contributed by atoms with E-state index in [1.54, 1.807) is 6.26 Å². The lowest BCUT2D eigenvalue weighted by molar-refractivity contribution is -0.870. The van der Waals surface area contributed by atoms with E-state index in [0.717, 1.165) is 22.5 Å². The molecule has 0 amide bonds. The molecule has 0 fully saturated rings. The van der Waals surface area contributed by atoms with Crippen molar-refractivity contribution in [2.75, 3.05) is 34.3 Å². The molecule has 0 aromatic carbocycles. The quantitative estimate of drug-likeness (QED) is 0.258. The molecule has 0 radical (unpaired) electrons. The van der Waals surface area contributed by atoms with Crippen LogP contribution in [0.2, 0.25) is 0 Å². The molecule has 0 spiro atoms. The van der Waals surface area contributed by atoms with Crippen LogP contribution in [-0.2, 0) is 4.74 Å². The first-order chi connectivity index (χ1) is 4.92. The van der Waals surface area contributed by atoms with Gasteiger partial charge in [-0.15, -0.1) is 12.6 Å². The summed E-state index contributed by atoms with van der Waals surface area (Å²) in [6, 6.07) is 0. The van der Waals surface area contributed by atoms with Crippen molar-refractivity contribution in [3.8, 4) is 0 Å². The number of thiol groups is 1. The topological polar surface area (TPSA) is 9.23 Å². The third-order valence-electron chi connectivity index (χ3n) is 1.13. The van der Waals surface area contributed by atoms with Gasteiger partial charge in [0.15, 0.2) is 0 Å². The van der Waals surface area contributed by atoms with Gasteiger partial charge in [-0.25, -0.2) is 0 Å². The van der Waals surface area contributed by atoms with E-state index in [2.05, 4.69) is 33.8 Å². The summed E-state index contributed by atoms with van der Waals surface area (Å²) in [7, 11) is 6.42. The number of hydrogen-bond donors (Lipinski definition) is 1. The Morgan fingerprint density at radius 3 is 2.25 bits per heavy atom. The standard InChI is InChI=1S/C8H17NOS.ClH/c1-8(11)7-10-6-5-9(2,3)4;/h7H,5-6H2,1-4H3;1H. The summed E-state index contributed by atoms with van der Waals surface area (Å²) in [4.78, 5) is 0.909. The second kappa shape index (κ2) is 6.63. The molecular formula is C8H18ClNOS. The lowest BCUT2D eigenvalue weighted by atomic mass is 10.5. The van der Waals surface area contributed by atoms with Crippen molar-refractivity contribution in [3.63, 3.8) is 0 Å². The van der Waals surface area contributed by atoms with Gasteiger partial charge in [0.2, 0.25) is 0 Å². The largest absolute Gasteiger partial charge is 1.00 e. The van der Waals surface area contributed by atoms with Gasteiger partial charge in [0, 0.05) is 4.91 Å². The second-order valence-electron chi connectivity index (χ2n) is 3.64. The maximum absolute atomic E-state index is 5.22. The Bertz CT molecular complexity index is 138. The number of rotatable bonds is 4. The van der Waals surface area contributed by atoms with Crippen molar-refractivity contribution in [3.05, 3.63) is 11.2 Å². The molecule has 0 N–H and O–H groups in total. The van der Waals surface area contributed by atoms with Gasteiger partial charge in [0.05, 0.1) is 27.4 Å². The Balaban J connectivity index is 0. The SMILES string of the molecule is CC(S)=COCC[N+](C)(C)C.[Cl-]. The summed E-state index contributed by atoms with van der Waals surface area (Å²) in [6.45, 7) is 3.66. The normalized spacial score (nSPS) is 12.2. The molecule has 0 aliphatic heterocycles. The van der Waals surface area contributed by atoms with Gasteiger partial charge in [-0.1, -0.05) is 0 Å². The van der Waals surface area contributed by atoms with Gasteiger partial charge in [0.25, 0.3) is 0 Å². The maximum atomic E-state index is 5.22. The molecule has 12 heavy (non-hydrogen) atoms. The van der Waals surface area contributed by atoms with Crippen LogP contribution in [0.15, 0.2) is 11.2 Å². The zero-order valence-electron chi connectivity index (χ0n) is 8.17. The average molecular weight is 212 g/mol. The number of hydrogen-bond acceptors (Lipinski definition) is 2. The van der Waals surface area contributed by atoms with Crippen LogP contribution in [0.3, 0.4) is 0 Å². The van der Waals surface area contributed by atoms with Crippen LogP contribution >= 0.6 is 12.6 Å². The van der Waals surface area contributed by atoms with E-state index < -0.39 is 0 Å². The molecule has 0 heterocycles. The van der Waals surface area contributed by atoms with Crippen LogP contribution in [0.5, 0.6) is 0 Å². The molecule has 4 heteroatoms. The molecule has 0 unspecified atom stereocenters. The van der Waals surface area contributed by atoms with Crippen LogP contribution in [0.1, 0.15) is 6.92 Å². The van der Waals surface area contributed by atoms with Crippen LogP contribution in [0.4, 0.5) is 0 Å².